The molecule has 1 N–H and O–H groups in total. The molecule has 1 fully saturated rings. The first kappa shape index (κ1) is 20.4. The number of hydrogen-bond donors (Lipinski definition) is 1. The monoisotopic (exact) mass is 427 g/mol. The van der Waals surface area contributed by atoms with Crippen molar-refractivity contribution in [2.75, 3.05) is 24.5 Å². The normalized spacial score (nSPS) is 16.1. The number of aryl methyl sites for hydroxylation is 2. The number of hydrogen-bond acceptors (Lipinski definition) is 4. The molecule has 1 saturated heterocycles. The van der Waals surface area contributed by atoms with Gasteiger partial charge in [0.05, 0.1) is 0 Å². The molecule has 0 radical (unpaired) electrons. The van der Waals surface area contributed by atoms with Crippen LogP contribution in [0.3, 0.4) is 0 Å². The van der Waals surface area contributed by atoms with Gasteiger partial charge in [-0.25, -0.2) is 4.39 Å². The molecule has 1 aliphatic rings. The second kappa shape index (κ2) is 8.48. The van der Waals surface area contributed by atoms with E-state index in [1.165, 1.54) is 17.7 Å². The lowest BCUT2D eigenvalue weighted by Crippen LogP contribution is -2.31. The minimum atomic E-state index is -0.342. The number of aromatic nitrogens is 1. The predicted octanol–water partition coefficient (Wildman–Crippen LogP) is 5.01. The third-order valence-electron chi connectivity index (χ3n) is 5.56. The molecule has 2 heterocycles. The van der Waals surface area contributed by atoms with Gasteiger partial charge in [0.15, 0.2) is 0 Å². The zero-order valence-corrected chi connectivity index (χ0v) is 17.7. The summed E-state index contributed by atoms with van der Waals surface area (Å²) in [6.07, 6.45) is 0.986. The number of carbonyl (C=O) groups is 1. The summed E-state index contributed by atoms with van der Waals surface area (Å²) in [6.45, 7) is 6.12. The Morgan fingerprint density at radius 2 is 2.03 bits per heavy atom. The van der Waals surface area contributed by atoms with Crippen LogP contribution in [-0.2, 0) is 0 Å². The van der Waals surface area contributed by atoms with E-state index in [2.05, 4.69) is 22.3 Å². The molecule has 0 aliphatic carbocycles. The van der Waals surface area contributed by atoms with E-state index in [1.54, 1.807) is 19.1 Å². The molecule has 3 aromatic rings. The maximum atomic E-state index is 13.2. The highest BCUT2D eigenvalue weighted by atomic mass is 35.5. The van der Waals surface area contributed by atoms with Gasteiger partial charge in [-0.05, 0) is 68.1 Å². The summed E-state index contributed by atoms with van der Waals surface area (Å²) < 4.78 is 18.5. The van der Waals surface area contributed by atoms with Crippen LogP contribution < -0.4 is 10.2 Å². The molecular formula is C23H23ClFN3O2. The molecule has 7 heteroatoms. The van der Waals surface area contributed by atoms with Crippen molar-refractivity contribution < 1.29 is 13.7 Å². The first-order chi connectivity index (χ1) is 14.4. The van der Waals surface area contributed by atoms with Gasteiger partial charge in [-0.2, -0.15) is 0 Å². The number of nitrogens with zero attached hydrogens (tertiary/aromatic N) is 2. The third-order valence-corrected chi connectivity index (χ3v) is 5.79. The Bertz CT molecular complexity index is 1060. The second-order valence-corrected chi connectivity index (χ2v) is 8.15. The zero-order chi connectivity index (χ0) is 21.3. The van der Waals surface area contributed by atoms with Crippen LogP contribution in [0.15, 0.2) is 47.0 Å². The molecule has 0 saturated carbocycles. The number of nitrogens with one attached hydrogen (secondary N) is 1. The Morgan fingerprint density at radius 3 is 2.80 bits per heavy atom. The number of carbonyl (C=O) groups excluding carboxylic acids is 1. The van der Waals surface area contributed by atoms with Gasteiger partial charge in [-0.3, -0.25) is 4.79 Å². The quantitative estimate of drug-likeness (QED) is 0.622. The number of rotatable bonds is 5. The van der Waals surface area contributed by atoms with Crippen molar-refractivity contribution in [3.05, 3.63) is 70.2 Å². The number of benzene rings is 2. The lowest BCUT2D eigenvalue weighted by Gasteiger charge is -2.21. The van der Waals surface area contributed by atoms with Crippen molar-refractivity contribution in [2.24, 2.45) is 5.92 Å². The number of anilines is 1. The lowest BCUT2D eigenvalue weighted by molar-refractivity contribution is 0.0947. The maximum absolute atomic E-state index is 13.2. The van der Waals surface area contributed by atoms with Crippen molar-refractivity contribution >= 4 is 23.2 Å². The van der Waals surface area contributed by atoms with E-state index in [0.29, 0.717) is 35.0 Å². The molecule has 1 aliphatic heterocycles. The third kappa shape index (κ3) is 4.19. The van der Waals surface area contributed by atoms with E-state index >= 15 is 0 Å². The van der Waals surface area contributed by atoms with Gasteiger partial charge in [0.1, 0.15) is 22.8 Å². The number of halogens is 2. The van der Waals surface area contributed by atoms with Crippen molar-refractivity contribution in [3.63, 3.8) is 0 Å². The number of amides is 1. The Morgan fingerprint density at radius 1 is 1.27 bits per heavy atom. The van der Waals surface area contributed by atoms with E-state index in [4.69, 9.17) is 16.1 Å². The minimum Gasteiger partial charge on any atom is -0.371 e. The van der Waals surface area contributed by atoms with Crippen LogP contribution in [0.25, 0.3) is 11.3 Å². The maximum Gasteiger partial charge on any atom is 0.257 e. The minimum absolute atomic E-state index is 0.231. The summed E-state index contributed by atoms with van der Waals surface area (Å²) in [6, 6.07) is 11.8. The molecule has 1 unspecified atom stereocenters. The average molecular weight is 428 g/mol. The van der Waals surface area contributed by atoms with Gasteiger partial charge in [0, 0.05) is 35.9 Å². The van der Waals surface area contributed by atoms with Gasteiger partial charge >= 0.3 is 0 Å². The van der Waals surface area contributed by atoms with Crippen LogP contribution >= 0.6 is 11.6 Å². The molecule has 0 bridgehead atoms. The van der Waals surface area contributed by atoms with E-state index in [9.17, 15) is 9.18 Å². The van der Waals surface area contributed by atoms with Crippen LogP contribution in [0, 0.1) is 25.6 Å². The highest BCUT2D eigenvalue weighted by Gasteiger charge is 2.26. The molecule has 156 valence electrons. The average Bonchev–Trinajstić information content (AvgIpc) is 3.35. The summed E-state index contributed by atoms with van der Waals surface area (Å²) in [5.74, 6) is 0.201. The summed E-state index contributed by atoms with van der Waals surface area (Å²) in [5.41, 5.74) is 3.79. The van der Waals surface area contributed by atoms with Crippen molar-refractivity contribution in [2.45, 2.75) is 20.3 Å². The van der Waals surface area contributed by atoms with Crippen molar-refractivity contribution in [1.29, 1.82) is 0 Å². The zero-order valence-electron chi connectivity index (χ0n) is 16.9. The molecule has 1 aromatic heterocycles. The summed E-state index contributed by atoms with van der Waals surface area (Å²) in [4.78, 5) is 15.2. The van der Waals surface area contributed by atoms with Gasteiger partial charge in [-0.1, -0.05) is 22.8 Å². The molecule has 1 atom stereocenters. The van der Waals surface area contributed by atoms with Gasteiger partial charge in [0.25, 0.3) is 5.91 Å². The van der Waals surface area contributed by atoms with E-state index in [0.717, 1.165) is 30.2 Å². The van der Waals surface area contributed by atoms with Crippen molar-refractivity contribution in [1.82, 2.24) is 10.5 Å². The fourth-order valence-electron chi connectivity index (χ4n) is 3.91. The largest absolute Gasteiger partial charge is 0.371 e. The first-order valence-electron chi connectivity index (χ1n) is 9.94. The highest BCUT2D eigenvalue weighted by molar-refractivity contribution is 6.30. The van der Waals surface area contributed by atoms with Gasteiger partial charge in [0.2, 0.25) is 0 Å². The molecular weight excluding hydrogens is 405 g/mol. The summed E-state index contributed by atoms with van der Waals surface area (Å²) in [5, 5.41) is 7.75. The van der Waals surface area contributed by atoms with E-state index in [1.807, 2.05) is 18.2 Å². The van der Waals surface area contributed by atoms with Gasteiger partial charge < -0.3 is 14.7 Å². The molecule has 0 spiro atoms. The molecule has 4 rings (SSSR count). The summed E-state index contributed by atoms with van der Waals surface area (Å²) in [7, 11) is 0. The van der Waals surface area contributed by atoms with Crippen LogP contribution in [0.2, 0.25) is 5.02 Å². The van der Waals surface area contributed by atoms with Crippen LogP contribution in [-0.4, -0.2) is 30.7 Å². The van der Waals surface area contributed by atoms with E-state index < -0.39 is 0 Å². The van der Waals surface area contributed by atoms with Crippen LogP contribution in [0.5, 0.6) is 0 Å². The standard InChI is InChI=1S/C23H23ClFN3O2/c1-14-3-6-18(24)11-20(14)28-10-9-16(13-28)12-26-23(29)21-15(2)30-27-22(21)17-4-7-19(25)8-5-17/h3-8,11,16H,9-10,12-13H2,1-2H3,(H,26,29). The Balaban J connectivity index is 1.42. The van der Waals surface area contributed by atoms with Crippen LogP contribution in [0.4, 0.5) is 10.1 Å². The Hall–Kier alpha value is -2.86. The Labute approximate surface area is 179 Å². The first-order valence-corrected chi connectivity index (χ1v) is 10.3. The van der Waals surface area contributed by atoms with E-state index in [-0.39, 0.29) is 11.7 Å². The molecule has 30 heavy (non-hydrogen) atoms. The fourth-order valence-corrected chi connectivity index (χ4v) is 4.08. The highest BCUT2D eigenvalue weighted by Crippen LogP contribution is 2.29. The molecule has 1 amide bonds. The van der Waals surface area contributed by atoms with Gasteiger partial charge in [-0.15, -0.1) is 0 Å². The predicted molar refractivity (Wildman–Crippen MR) is 115 cm³/mol. The smallest absolute Gasteiger partial charge is 0.257 e. The topological polar surface area (TPSA) is 58.4 Å². The van der Waals surface area contributed by atoms with Crippen molar-refractivity contribution in [3.8, 4) is 11.3 Å². The SMILES string of the molecule is Cc1ccc(Cl)cc1N1CCC(CNC(=O)c2c(-c3ccc(F)cc3)noc2C)C1. The fraction of sp³-hybridized carbons (Fsp3) is 0.304. The Kier molecular flexibility index (Phi) is 5.77. The van der Waals surface area contributed by atoms with Crippen LogP contribution in [0.1, 0.15) is 28.1 Å². The second-order valence-electron chi connectivity index (χ2n) is 7.71. The molecule has 5 nitrogen and oxygen atoms in total. The lowest BCUT2D eigenvalue weighted by atomic mass is 10.0. The molecule has 2 aromatic carbocycles. The summed E-state index contributed by atoms with van der Waals surface area (Å²) >= 11 is 6.16.